The van der Waals surface area contributed by atoms with Gasteiger partial charge in [-0.1, -0.05) is 48.0 Å². The van der Waals surface area contributed by atoms with Crippen LogP contribution in [0.5, 0.6) is 5.75 Å². The molecule has 0 saturated heterocycles. The van der Waals surface area contributed by atoms with Crippen LogP contribution in [0.3, 0.4) is 0 Å². The van der Waals surface area contributed by atoms with Gasteiger partial charge >= 0.3 is 0 Å². The molecule has 0 spiro atoms. The molecule has 0 amide bonds. The second-order valence-electron chi connectivity index (χ2n) is 4.77. The monoisotopic (exact) mass is 241 g/mol. The minimum atomic E-state index is -0.557. The van der Waals surface area contributed by atoms with E-state index in [0.717, 1.165) is 16.9 Å². The Hall–Kier alpha value is -1.80. The fourth-order valence-electron chi connectivity index (χ4n) is 2.17. The molecule has 2 aromatic rings. The molecule has 0 heterocycles. The lowest BCUT2D eigenvalue weighted by molar-refractivity contribution is 0.398. The van der Waals surface area contributed by atoms with Gasteiger partial charge in [0.2, 0.25) is 0 Å². The maximum absolute atomic E-state index is 6.52. The average molecular weight is 241 g/mol. The van der Waals surface area contributed by atoms with Crippen molar-refractivity contribution in [1.29, 1.82) is 0 Å². The van der Waals surface area contributed by atoms with E-state index >= 15 is 0 Å². The Kier molecular flexibility index (Phi) is 3.39. The van der Waals surface area contributed by atoms with Crippen molar-refractivity contribution >= 4 is 0 Å². The predicted molar refractivity (Wildman–Crippen MR) is 74.8 cm³/mol. The van der Waals surface area contributed by atoms with E-state index in [1.54, 1.807) is 7.11 Å². The summed E-state index contributed by atoms with van der Waals surface area (Å²) in [6.07, 6.45) is 0. The summed E-state index contributed by atoms with van der Waals surface area (Å²) >= 11 is 0. The van der Waals surface area contributed by atoms with Crippen LogP contribution in [0.4, 0.5) is 0 Å². The number of nitrogens with two attached hydrogens (primary N) is 1. The average Bonchev–Trinajstić information content (AvgIpc) is 2.39. The molecule has 0 saturated carbocycles. The number of rotatable bonds is 3. The third-order valence-electron chi connectivity index (χ3n) is 3.29. The highest BCUT2D eigenvalue weighted by atomic mass is 16.5. The Morgan fingerprint density at radius 2 is 1.72 bits per heavy atom. The summed E-state index contributed by atoms with van der Waals surface area (Å²) < 4.78 is 5.43. The smallest absolute Gasteiger partial charge is 0.124 e. The first-order valence-electron chi connectivity index (χ1n) is 6.05. The fourth-order valence-corrected chi connectivity index (χ4v) is 2.17. The second kappa shape index (κ2) is 4.83. The Labute approximate surface area is 108 Å². The molecule has 2 heteroatoms. The van der Waals surface area contributed by atoms with Crippen molar-refractivity contribution in [3.05, 3.63) is 65.2 Å². The number of aryl methyl sites for hydroxylation is 1. The molecule has 2 nitrogen and oxygen atoms in total. The molecule has 0 bridgehead atoms. The van der Waals surface area contributed by atoms with Gasteiger partial charge in [-0.2, -0.15) is 0 Å². The zero-order valence-corrected chi connectivity index (χ0v) is 11.1. The van der Waals surface area contributed by atoms with Gasteiger partial charge in [-0.25, -0.2) is 0 Å². The van der Waals surface area contributed by atoms with Gasteiger partial charge < -0.3 is 10.5 Å². The minimum absolute atomic E-state index is 0.557. The van der Waals surface area contributed by atoms with Crippen LogP contribution in [-0.2, 0) is 5.54 Å². The summed E-state index contributed by atoms with van der Waals surface area (Å²) in [5, 5.41) is 0. The van der Waals surface area contributed by atoms with Crippen LogP contribution in [0.15, 0.2) is 48.5 Å². The topological polar surface area (TPSA) is 35.2 Å². The molecule has 2 N–H and O–H groups in total. The van der Waals surface area contributed by atoms with Crippen LogP contribution in [-0.4, -0.2) is 7.11 Å². The van der Waals surface area contributed by atoms with Crippen molar-refractivity contribution in [3.63, 3.8) is 0 Å². The van der Waals surface area contributed by atoms with E-state index in [2.05, 4.69) is 13.0 Å². The molecule has 0 aliphatic carbocycles. The lowest BCUT2D eigenvalue weighted by atomic mass is 9.84. The first-order chi connectivity index (χ1) is 8.55. The normalized spacial score (nSPS) is 14.0. The fraction of sp³-hybridized carbons (Fsp3) is 0.250. The zero-order chi connectivity index (χ0) is 13.2. The highest BCUT2D eigenvalue weighted by Crippen LogP contribution is 2.33. The summed E-state index contributed by atoms with van der Waals surface area (Å²) in [5.41, 5.74) is 9.23. The summed E-state index contributed by atoms with van der Waals surface area (Å²) in [5.74, 6) is 0.828. The predicted octanol–water partition coefficient (Wildman–Crippen LogP) is 3.23. The van der Waals surface area contributed by atoms with Crippen LogP contribution in [0.1, 0.15) is 23.6 Å². The van der Waals surface area contributed by atoms with E-state index in [1.165, 1.54) is 5.56 Å². The van der Waals surface area contributed by atoms with Crippen molar-refractivity contribution < 1.29 is 4.74 Å². The van der Waals surface area contributed by atoms with Gasteiger partial charge in [0.1, 0.15) is 5.75 Å². The van der Waals surface area contributed by atoms with E-state index in [4.69, 9.17) is 10.5 Å². The summed E-state index contributed by atoms with van der Waals surface area (Å²) in [4.78, 5) is 0. The van der Waals surface area contributed by atoms with Crippen LogP contribution in [0.25, 0.3) is 0 Å². The number of hydrogen-bond donors (Lipinski definition) is 1. The van der Waals surface area contributed by atoms with Gasteiger partial charge in [-0.05, 0) is 25.5 Å². The van der Waals surface area contributed by atoms with Crippen LogP contribution in [0.2, 0.25) is 0 Å². The van der Waals surface area contributed by atoms with Crippen LogP contribution in [0, 0.1) is 6.92 Å². The van der Waals surface area contributed by atoms with Crippen LogP contribution < -0.4 is 10.5 Å². The molecular formula is C16H19NO. The van der Waals surface area contributed by atoms with Gasteiger partial charge in [0.15, 0.2) is 0 Å². The summed E-state index contributed by atoms with van der Waals surface area (Å²) in [7, 11) is 1.68. The van der Waals surface area contributed by atoms with Gasteiger partial charge in [-0.3, -0.25) is 0 Å². The van der Waals surface area contributed by atoms with Gasteiger partial charge in [0, 0.05) is 5.56 Å². The third kappa shape index (κ3) is 2.24. The standard InChI is InChI=1S/C16H19NO/c1-12-9-10-15(18-3)14(11-12)16(2,17)13-7-5-4-6-8-13/h4-11H,17H2,1-3H3. The van der Waals surface area contributed by atoms with Crippen molar-refractivity contribution in [2.45, 2.75) is 19.4 Å². The lowest BCUT2D eigenvalue weighted by Crippen LogP contribution is -2.34. The van der Waals surface area contributed by atoms with Gasteiger partial charge in [0.05, 0.1) is 12.6 Å². The number of ether oxygens (including phenoxy) is 1. The molecule has 0 fully saturated rings. The van der Waals surface area contributed by atoms with E-state index in [1.807, 2.05) is 49.4 Å². The summed E-state index contributed by atoms with van der Waals surface area (Å²) in [6.45, 7) is 4.07. The zero-order valence-electron chi connectivity index (χ0n) is 11.1. The first kappa shape index (κ1) is 12.7. The van der Waals surface area contributed by atoms with Crippen molar-refractivity contribution in [2.75, 3.05) is 7.11 Å². The van der Waals surface area contributed by atoms with Crippen molar-refractivity contribution in [3.8, 4) is 5.75 Å². The Morgan fingerprint density at radius 3 is 2.33 bits per heavy atom. The molecule has 2 rings (SSSR count). The molecule has 94 valence electrons. The lowest BCUT2D eigenvalue weighted by Gasteiger charge is -2.28. The van der Waals surface area contributed by atoms with Crippen LogP contribution >= 0.6 is 0 Å². The first-order valence-corrected chi connectivity index (χ1v) is 6.05. The van der Waals surface area contributed by atoms with E-state index in [-0.39, 0.29) is 0 Å². The Bertz CT molecular complexity index is 532. The van der Waals surface area contributed by atoms with E-state index in [9.17, 15) is 0 Å². The SMILES string of the molecule is COc1ccc(C)cc1C(C)(N)c1ccccc1. The van der Waals surface area contributed by atoms with Crippen molar-refractivity contribution in [2.24, 2.45) is 5.73 Å². The quantitative estimate of drug-likeness (QED) is 0.895. The van der Waals surface area contributed by atoms with Gasteiger partial charge in [0.25, 0.3) is 0 Å². The molecule has 0 aromatic heterocycles. The molecular weight excluding hydrogens is 222 g/mol. The molecule has 1 atom stereocenters. The van der Waals surface area contributed by atoms with E-state index < -0.39 is 5.54 Å². The highest BCUT2D eigenvalue weighted by molar-refractivity contribution is 5.47. The maximum atomic E-state index is 6.52. The number of methoxy groups -OCH3 is 1. The highest BCUT2D eigenvalue weighted by Gasteiger charge is 2.27. The Balaban J connectivity index is 2.56. The molecule has 0 aliphatic rings. The Morgan fingerprint density at radius 1 is 1.06 bits per heavy atom. The molecule has 0 aliphatic heterocycles. The molecule has 18 heavy (non-hydrogen) atoms. The molecule has 0 radical (unpaired) electrons. The largest absolute Gasteiger partial charge is 0.496 e. The second-order valence-corrected chi connectivity index (χ2v) is 4.77. The minimum Gasteiger partial charge on any atom is -0.496 e. The molecule has 1 unspecified atom stereocenters. The van der Waals surface area contributed by atoms with Gasteiger partial charge in [-0.15, -0.1) is 0 Å². The summed E-state index contributed by atoms with van der Waals surface area (Å²) in [6, 6.07) is 16.2. The van der Waals surface area contributed by atoms with E-state index in [0.29, 0.717) is 0 Å². The number of hydrogen-bond acceptors (Lipinski definition) is 2. The third-order valence-corrected chi connectivity index (χ3v) is 3.29. The number of benzene rings is 2. The van der Waals surface area contributed by atoms with Crippen molar-refractivity contribution in [1.82, 2.24) is 0 Å². The molecule has 2 aromatic carbocycles. The maximum Gasteiger partial charge on any atom is 0.124 e.